The van der Waals surface area contributed by atoms with Crippen molar-refractivity contribution in [2.24, 2.45) is 0 Å². The van der Waals surface area contributed by atoms with Crippen LogP contribution in [0, 0.1) is 0 Å². The summed E-state index contributed by atoms with van der Waals surface area (Å²) in [6.07, 6.45) is 7.27. The quantitative estimate of drug-likeness (QED) is 0.680. The summed E-state index contributed by atoms with van der Waals surface area (Å²) >= 11 is 0. The fourth-order valence-electron chi connectivity index (χ4n) is 2.34. The van der Waals surface area contributed by atoms with Crippen LogP contribution in [0.2, 0.25) is 0 Å². The van der Waals surface area contributed by atoms with E-state index in [2.05, 4.69) is 21.4 Å². The highest BCUT2D eigenvalue weighted by molar-refractivity contribution is 5.34. The number of morpholine rings is 1. The Morgan fingerprint density at radius 2 is 2.18 bits per heavy atom. The second-order valence-electron chi connectivity index (χ2n) is 5.63. The highest BCUT2D eigenvalue weighted by atomic mass is 16.5. The zero-order valence-electron chi connectivity index (χ0n) is 13.6. The van der Waals surface area contributed by atoms with E-state index in [1.54, 1.807) is 12.4 Å². The third-order valence-electron chi connectivity index (χ3n) is 3.60. The first-order valence-electron chi connectivity index (χ1n) is 7.76. The molecule has 0 N–H and O–H groups in total. The molecule has 6 nitrogen and oxygen atoms in total. The van der Waals surface area contributed by atoms with Crippen LogP contribution in [-0.4, -0.2) is 67.9 Å². The van der Waals surface area contributed by atoms with Crippen LogP contribution >= 0.6 is 0 Å². The molecule has 0 unspecified atom stereocenters. The SMILES string of the molecule is C=CCC[C@@H](CN1CCOCC1)Oc1cncc(N(C)C)n1. The molecule has 6 heteroatoms. The fourth-order valence-corrected chi connectivity index (χ4v) is 2.34. The minimum atomic E-state index is 0.0859. The van der Waals surface area contributed by atoms with Crippen molar-refractivity contribution in [1.82, 2.24) is 14.9 Å². The molecule has 2 heterocycles. The molecule has 0 radical (unpaired) electrons. The maximum atomic E-state index is 6.08. The molecule has 1 saturated heterocycles. The smallest absolute Gasteiger partial charge is 0.234 e. The number of ether oxygens (including phenoxy) is 2. The molecule has 1 aliphatic rings. The van der Waals surface area contributed by atoms with Gasteiger partial charge in [-0.3, -0.25) is 9.88 Å². The summed E-state index contributed by atoms with van der Waals surface area (Å²) in [4.78, 5) is 13.0. The minimum absolute atomic E-state index is 0.0859. The van der Waals surface area contributed by atoms with Gasteiger partial charge in [-0.15, -0.1) is 6.58 Å². The van der Waals surface area contributed by atoms with Crippen LogP contribution in [0.15, 0.2) is 25.0 Å². The van der Waals surface area contributed by atoms with Gasteiger partial charge >= 0.3 is 0 Å². The molecule has 1 fully saturated rings. The van der Waals surface area contributed by atoms with Crippen molar-refractivity contribution in [2.45, 2.75) is 18.9 Å². The molecule has 1 aromatic heterocycles. The molecule has 0 bridgehead atoms. The molecule has 0 saturated carbocycles. The van der Waals surface area contributed by atoms with E-state index in [1.807, 2.05) is 25.1 Å². The predicted octanol–water partition coefficient (Wildman–Crippen LogP) is 1.59. The lowest BCUT2D eigenvalue weighted by Crippen LogP contribution is -2.42. The van der Waals surface area contributed by atoms with Gasteiger partial charge in [0.2, 0.25) is 5.88 Å². The summed E-state index contributed by atoms with van der Waals surface area (Å²) in [6, 6.07) is 0. The van der Waals surface area contributed by atoms with Crippen LogP contribution in [0.25, 0.3) is 0 Å². The molecule has 1 atom stereocenters. The van der Waals surface area contributed by atoms with E-state index >= 15 is 0 Å². The Morgan fingerprint density at radius 3 is 2.86 bits per heavy atom. The van der Waals surface area contributed by atoms with Crippen molar-refractivity contribution in [1.29, 1.82) is 0 Å². The summed E-state index contributed by atoms with van der Waals surface area (Å²) in [5.74, 6) is 1.37. The molecule has 122 valence electrons. The summed E-state index contributed by atoms with van der Waals surface area (Å²) in [5, 5.41) is 0. The number of hydrogen-bond donors (Lipinski definition) is 0. The molecule has 0 aliphatic carbocycles. The van der Waals surface area contributed by atoms with Crippen LogP contribution in [0.4, 0.5) is 5.82 Å². The van der Waals surface area contributed by atoms with Crippen molar-refractivity contribution in [3.63, 3.8) is 0 Å². The number of nitrogens with zero attached hydrogens (tertiary/aromatic N) is 4. The van der Waals surface area contributed by atoms with Gasteiger partial charge in [0.15, 0.2) is 5.82 Å². The van der Waals surface area contributed by atoms with E-state index in [9.17, 15) is 0 Å². The first-order chi connectivity index (χ1) is 10.7. The zero-order chi connectivity index (χ0) is 15.8. The Balaban J connectivity index is 1.98. The highest BCUT2D eigenvalue weighted by Gasteiger charge is 2.18. The number of hydrogen-bond acceptors (Lipinski definition) is 6. The average Bonchev–Trinajstić information content (AvgIpc) is 2.54. The van der Waals surface area contributed by atoms with E-state index < -0.39 is 0 Å². The van der Waals surface area contributed by atoms with Gasteiger partial charge < -0.3 is 14.4 Å². The highest BCUT2D eigenvalue weighted by Crippen LogP contribution is 2.16. The van der Waals surface area contributed by atoms with Gasteiger partial charge in [-0.2, -0.15) is 4.98 Å². The molecule has 2 rings (SSSR count). The Hall–Kier alpha value is -1.66. The van der Waals surface area contributed by atoms with Gasteiger partial charge in [-0.25, -0.2) is 0 Å². The Bertz CT molecular complexity index is 461. The second kappa shape index (κ2) is 8.70. The van der Waals surface area contributed by atoms with Gasteiger partial charge in [0, 0.05) is 33.7 Å². The molecular weight excluding hydrogens is 280 g/mol. The van der Waals surface area contributed by atoms with Crippen LogP contribution < -0.4 is 9.64 Å². The molecule has 1 aromatic rings. The van der Waals surface area contributed by atoms with E-state index in [4.69, 9.17) is 9.47 Å². The van der Waals surface area contributed by atoms with E-state index in [0.717, 1.165) is 51.5 Å². The normalized spacial score (nSPS) is 17.0. The lowest BCUT2D eigenvalue weighted by atomic mass is 10.2. The summed E-state index contributed by atoms with van der Waals surface area (Å²) in [5.41, 5.74) is 0. The third-order valence-corrected chi connectivity index (χ3v) is 3.60. The third kappa shape index (κ3) is 5.27. The van der Waals surface area contributed by atoms with E-state index in [-0.39, 0.29) is 6.10 Å². The first kappa shape index (κ1) is 16.7. The van der Waals surface area contributed by atoms with Gasteiger partial charge in [-0.1, -0.05) is 6.08 Å². The second-order valence-corrected chi connectivity index (χ2v) is 5.63. The van der Waals surface area contributed by atoms with Crippen LogP contribution in [0.5, 0.6) is 5.88 Å². The lowest BCUT2D eigenvalue weighted by Gasteiger charge is -2.30. The van der Waals surface area contributed by atoms with Crippen molar-refractivity contribution in [2.75, 3.05) is 51.8 Å². The van der Waals surface area contributed by atoms with Crippen LogP contribution in [-0.2, 0) is 4.74 Å². The number of allylic oxidation sites excluding steroid dienone is 1. The number of aromatic nitrogens is 2. The first-order valence-corrected chi connectivity index (χ1v) is 7.76. The number of rotatable bonds is 8. The molecule has 1 aliphatic heterocycles. The average molecular weight is 306 g/mol. The molecule has 22 heavy (non-hydrogen) atoms. The summed E-state index contributed by atoms with van der Waals surface area (Å²) < 4.78 is 11.5. The zero-order valence-corrected chi connectivity index (χ0v) is 13.6. The van der Waals surface area contributed by atoms with Crippen molar-refractivity contribution in [3.05, 3.63) is 25.0 Å². The van der Waals surface area contributed by atoms with Crippen LogP contribution in [0.3, 0.4) is 0 Å². The van der Waals surface area contributed by atoms with Crippen molar-refractivity contribution >= 4 is 5.82 Å². The van der Waals surface area contributed by atoms with Crippen LogP contribution in [0.1, 0.15) is 12.8 Å². The topological polar surface area (TPSA) is 50.7 Å². The van der Waals surface area contributed by atoms with Gasteiger partial charge in [0.25, 0.3) is 0 Å². The maximum absolute atomic E-state index is 6.08. The standard InChI is InChI=1S/C16H26N4O2/c1-4-5-6-14(13-20-7-9-21-10-8-20)22-16-12-17-11-15(18-16)19(2)3/h4,11-12,14H,1,5-10,13H2,2-3H3/t14-/m0/s1. The van der Waals surface area contributed by atoms with E-state index in [0.29, 0.717) is 5.88 Å². The Kier molecular flexibility index (Phi) is 6.61. The van der Waals surface area contributed by atoms with Gasteiger partial charge in [0.05, 0.1) is 25.6 Å². The molecular formula is C16H26N4O2. The van der Waals surface area contributed by atoms with Gasteiger partial charge in [0.1, 0.15) is 6.10 Å². The molecule has 0 amide bonds. The fraction of sp³-hybridized carbons (Fsp3) is 0.625. The van der Waals surface area contributed by atoms with Gasteiger partial charge in [-0.05, 0) is 12.8 Å². The number of anilines is 1. The summed E-state index contributed by atoms with van der Waals surface area (Å²) in [6.45, 7) is 8.18. The van der Waals surface area contributed by atoms with Crippen molar-refractivity contribution < 1.29 is 9.47 Å². The minimum Gasteiger partial charge on any atom is -0.472 e. The lowest BCUT2D eigenvalue weighted by molar-refractivity contribution is 0.0174. The monoisotopic (exact) mass is 306 g/mol. The van der Waals surface area contributed by atoms with E-state index in [1.165, 1.54) is 0 Å². The predicted molar refractivity (Wildman–Crippen MR) is 87.5 cm³/mol. The largest absolute Gasteiger partial charge is 0.472 e. The Morgan fingerprint density at radius 1 is 1.41 bits per heavy atom. The summed E-state index contributed by atoms with van der Waals surface area (Å²) in [7, 11) is 3.88. The maximum Gasteiger partial charge on any atom is 0.234 e. The molecule has 0 aromatic carbocycles. The molecule has 0 spiro atoms. The Labute approximate surface area is 132 Å². The van der Waals surface area contributed by atoms with Crippen molar-refractivity contribution in [3.8, 4) is 5.88 Å².